The van der Waals surface area contributed by atoms with Gasteiger partial charge in [-0.1, -0.05) is 11.2 Å². The third-order valence-corrected chi connectivity index (χ3v) is 7.22. The molecule has 2 amide bonds. The van der Waals surface area contributed by atoms with Crippen molar-refractivity contribution < 1.29 is 32.7 Å². The Hall–Kier alpha value is -3.83. The molecule has 1 saturated heterocycles. The maximum Gasteiger partial charge on any atom is 0.274 e. The zero-order chi connectivity index (χ0) is 25.8. The highest BCUT2D eigenvalue weighted by atomic mass is 19.1. The SMILES string of the molecule is CC1CCC2(CC(CF)=NO2)C2CN1C(=O)c1c(O)c(=O)c(C(=O)NCc3ccc(F)cc3F)cn12. The summed E-state index contributed by atoms with van der Waals surface area (Å²) >= 11 is 0. The van der Waals surface area contributed by atoms with Crippen molar-refractivity contribution in [3.05, 3.63) is 63.1 Å². The lowest BCUT2D eigenvalue weighted by Gasteiger charge is -2.41. The lowest BCUT2D eigenvalue weighted by atomic mass is 9.84. The molecule has 1 spiro atoms. The number of benzene rings is 1. The van der Waals surface area contributed by atoms with Gasteiger partial charge in [0.2, 0.25) is 5.43 Å². The zero-order valence-electron chi connectivity index (χ0n) is 19.3. The van der Waals surface area contributed by atoms with E-state index in [9.17, 15) is 32.7 Å². The summed E-state index contributed by atoms with van der Waals surface area (Å²) in [7, 11) is 0. The largest absolute Gasteiger partial charge is 0.503 e. The maximum atomic E-state index is 14.0. The summed E-state index contributed by atoms with van der Waals surface area (Å²) in [6.45, 7) is 0.831. The summed E-state index contributed by atoms with van der Waals surface area (Å²) in [6.07, 6.45) is 2.27. The van der Waals surface area contributed by atoms with Gasteiger partial charge in [-0.2, -0.15) is 0 Å². The lowest BCUT2D eigenvalue weighted by Crippen LogP contribution is -2.52. The molecule has 4 heterocycles. The minimum Gasteiger partial charge on any atom is -0.503 e. The second kappa shape index (κ2) is 8.68. The number of aromatic hydroxyl groups is 1. The van der Waals surface area contributed by atoms with Crippen LogP contribution in [0.25, 0.3) is 0 Å². The highest BCUT2D eigenvalue weighted by molar-refractivity contribution is 5.99. The molecule has 2 bridgehead atoms. The lowest BCUT2D eigenvalue weighted by molar-refractivity contribution is -0.0655. The minimum absolute atomic E-state index is 0.00943. The second-order valence-electron chi connectivity index (χ2n) is 9.38. The molecule has 3 aliphatic heterocycles. The number of nitrogens with zero attached hydrogens (tertiary/aromatic N) is 3. The number of amides is 2. The standard InChI is InChI=1S/C24H23F3N4O5/c1-12-4-5-24(7-15(8-25)29-36-24)18-11-30(12)23(35)19-21(33)20(32)16(10-31(18)19)22(34)28-9-13-2-3-14(26)6-17(13)27/h2-3,6,10,12,18,33H,4-5,7-9,11H2,1H3,(H,28,34). The predicted octanol–water partition coefficient (Wildman–Crippen LogP) is 2.43. The summed E-state index contributed by atoms with van der Waals surface area (Å²) in [6, 6.07) is 1.94. The molecule has 5 rings (SSSR count). The fourth-order valence-corrected chi connectivity index (χ4v) is 5.19. The van der Waals surface area contributed by atoms with Gasteiger partial charge < -0.3 is 24.7 Å². The highest BCUT2D eigenvalue weighted by Crippen LogP contribution is 2.46. The van der Waals surface area contributed by atoms with E-state index in [2.05, 4.69) is 10.5 Å². The first-order chi connectivity index (χ1) is 17.1. The van der Waals surface area contributed by atoms with E-state index < -0.39 is 58.5 Å². The van der Waals surface area contributed by atoms with Crippen molar-refractivity contribution in [2.75, 3.05) is 13.2 Å². The number of alkyl halides is 1. The minimum atomic E-state index is -1.07. The number of aromatic nitrogens is 1. The summed E-state index contributed by atoms with van der Waals surface area (Å²) in [5, 5.41) is 17.0. The van der Waals surface area contributed by atoms with Gasteiger partial charge in [0, 0.05) is 43.4 Å². The zero-order valence-corrected chi connectivity index (χ0v) is 19.3. The van der Waals surface area contributed by atoms with Crippen LogP contribution in [-0.4, -0.2) is 57.0 Å². The molecular weight excluding hydrogens is 481 g/mol. The van der Waals surface area contributed by atoms with Gasteiger partial charge in [0.25, 0.3) is 11.8 Å². The molecule has 3 atom stereocenters. The average Bonchev–Trinajstić information content (AvgIpc) is 3.23. The van der Waals surface area contributed by atoms with Crippen LogP contribution < -0.4 is 10.7 Å². The molecule has 3 aliphatic rings. The molecule has 2 aromatic rings. The summed E-state index contributed by atoms with van der Waals surface area (Å²) in [5.41, 5.74) is -2.67. The molecular formula is C24H23F3N4O5. The van der Waals surface area contributed by atoms with Gasteiger partial charge >= 0.3 is 0 Å². The van der Waals surface area contributed by atoms with E-state index >= 15 is 0 Å². The van der Waals surface area contributed by atoms with E-state index in [0.29, 0.717) is 18.9 Å². The van der Waals surface area contributed by atoms with E-state index in [0.717, 1.165) is 12.1 Å². The van der Waals surface area contributed by atoms with E-state index in [-0.39, 0.29) is 42.5 Å². The Morgan fingerprint density at radius 3 is 2.81 bits per heavy atom. The molecule has 1 fully saturated rings. The molecule has 1 aromatic heterocycles. The Balaban J connectivity index is 1.54. The van der Waals surface area contributed by atoms with E-state index in [1.807, 2.05) is 6.92 Å². The summed E-state index contributed by atoms with van der Waals surface area (Å²) in [5.74, 6) is -4.05. The van der Waals surface area contributed by atoms with Gasteiger partial charge in [-0.05, 0) is 25.8 Å². The van der Waals surface area contributed by atoms with Gasteiger partial charge in [-0.15, -0.1) is 0 Å². The summed E-state index contributed by atoms with van der Waals surface area (Å²) < 4.78 is 41.9. The molecule has 2 N–H and O–H groups in total. The van der Waals surface area contributed by atoms with Crippen LogP contribution in [-0.2, 0) is 11.4 Å². The van der Waals surface area contributed by atoms with Crippen molar-refractivity contribution >= 4 is 17.5 Å². The number of nitrogens with one attached hydrogen (secondary N) is 1. The molecule has 190 valence electrons. The Bertz CT molecular complexity index is 1360. The fraction of sp³-hybridized carbons (Fsp3) is 0.417. The first-order valence-electron chi connectivity index (χ1n) is 11.5. The Labute approximate surface area is 203 Å². The molecule has 0 radical (unpaired) electrons. The number of fused-ring (bicyclic) bond motifs is 5. The fourth-order valence-electron chi connectivity index (χ4n) is 5.19. The highest BCUT2D eigenvalue weighted by Gasteiger charge is 2.54. The van der Waals surface area contributed by atoms with Crippen LogP contribution in [0, 0.1) is 11.6 Å². The second-order valence-corrected chi connectivity index (χ2v) is 9.38. The van der Waals surface area contributed by atoms with Crippen molar-refractivity contribution in [2.24, 2.45) is 5.16 Å². The van der Waals surface area contributed by atoms with E-state index in [4.69, 9.17) is 4.84 Å². The Morgan fingerprint density at radius 2 is 2.11 bits per heavy atom. The van der Waals surface area contributed by atoms with Crippen molar-refractivity contribution in [3.8, 4) is 5.75 Å². The van der Waals surface area contributed by atoms with E-state index in [1.165, 1.54) is 15.7 Å². The summed E-state index contributed by atoms with van der Waals surface area (Å²) in [4.78, 5) is 46.4. The Kier molecular flexibility index (Phi) is 5.76. The van der Waals surface area contributed by atoms with Crippen LogP contribution in [0.15, 0.2) is 34.3 Å². The number of hydrogen-bond donors (Lipinski definition) is 2. The number of halogens is 3. The first kappa shape index (κ1) is 23.9. The molecule has 36 heavy (non-hydrogen) atoms. The number of carbonyl (C=O) groups excluding carboxylic acids is 2. The normalized spacial score (nSPS) is 24.7. The molecule has 12 heteroatoms. The van der Waals surface area contributed by atoms with Crippen LogP contribution in [0.1, 0.15) is 58.6 Å². The van der Waals surface area contributed by atoms with Gasteiger partial charge in [0.05, 0.1) is 11.8 Å². The number of carbonyl (C=O) groups is 2. The van der Waals surface area contributed by atoms with Crippen molar-refractivity contribution in [3.63, 3.8) is 0 Å². The molecule has 0 aliphatic carbocycles. The molecule has 0 saturated carbocycles. The van der Waals surface area contributed by atoms with Crippen LogP contribution in [0.2, 0.25) is 0 Å². The number of rotatable bonds is 4. The van der Waals surface area contributed by atoms with Crippen LogP contribution >= 0.6 is 0 Å². The predicted molar refractivity (Wildman–Crippen MR) is 121 cm³/mol. The molecule has 1 aromatic carbocycles. The third kappa shape index (κ3) is 3.71. The quantitative estimate of drug-likeness (QED) is 0.664. The maximum absolute atomic E-state index is 14.0. The van der Waals surface area contributed by atoms with Crippen LogP contribution in [0.5, 0.6) is 5.75 Å². The van der Waals surface area contributed by atoms with Crippen molar-refractivity contribution in [2.45, 2.75) is 50.4 Å². The van der Waals surface area contributed by atoms with Gasteiger partial charge in [0.15, 0.2) is 17.0 Å². The molecule has 3 unspecified atom stereocenters. The van der Waals surface area contributed by atoms with Crippen LogP contribution in [0.4, 0.5) is 13.2 Å². The smallest absolute Gasteiger partial charge is 0.274 e. The topological polar surface area (TPSA) is 113 Å². The van der Waals surface area contributed by atoms with Crippen molar-refractivity contribution in [1.82, 2.24) is 14.8 Å². The number of oxime groups is 1. The van der Waals surface area contributed by atoms with Gasteiger partial charge in [0.1, 0.15) is 23.9 Å². The average molecular weight is 504 g/mol. The number of pyridine rings is 1. The van der Waals surface area contributed by atoms with Crippen LogP contribution in [0.3, 0.4) is 0 Å². The third-order valence-electron chi connectivity index (χ3n) is 7.22. The van der Waals surface area contributed by atoms with Crippen molar-refractivity contribution in [1.29, 1.82) is 0 Å². The monoisotopic (exact) mass is 504 g/mol. The van der Waals surface area contributed by atoms with Gasteiger partial charge in [-0.25, -0.2) is 13.2 Å². The Morgan fingerprint density at radius 1 is 1.33 bits per heavy atom. The molecule has 9 nitrogen and oxygen atoms in total. The first-order valence-corrected chi connectivity index (χ1v) is 11.5. The number of hydrogen-bond acceptors (Lipinski definition) is 6. The van der Waals surface area contributed by atoms with E-state index in [1.54, 1.807) is 0 Å². The van der Waals surface area contributed by atoms with Gasteiger partial charge in [-0.3, -0.25) is 14.4 Å².